The molecule has 1 heterocycles. The zero-order chi connectivity index (χ0) is 9.68. The molecule has 1 aromatic heterocycles. The lowest BCUT2D eigenvalue weighted by Gasteiger charge is -2.04. The van der Waals surface area contributed by atoms with E-state index in [9.17, 15) is 4.79 Å². The van der Waals surface area contributed by atoms with Crippen LogP contribution in [0.2, 0.25) is 0 Å². The van der Waals surface area contributed by atoms with Gasteiger partial charge in [-0.05, 0) is 24.5 Å². The fourth-order valence-corrected chi connectivity index (χ4v) is 1.57. The summed E-state index contributed by atoms with van der Waals surface area (Å²) in [6.07, 6.45) is 1.90. The molecule has 0 unspecified atom stereocenters. The molecule has 0 amide bonds. The molecule has 0 fully saturated rings. The molecule has 1 rings (SSSR count). The van der Waals surface area contributed by atoms with E-state index in [4.69, 9.17) is 4.74 Å². The van der Waals surface area contributed by atoms with Crippen molar-refractivity contribution >= 4 is 17.6 Å². The van der Waals surface area contributed by atoms with Crippen LogP contribution in [0.5, 0.6) is 5.06 Å². The lowest BCUT2D eigenvalue weighted by atomic mass is 10.1. The highest BCUT2D eigenvalue weighted by Gasteiger charge is 2.00. The summed E-state index contributed by atoms with van der Waals surface area (Å²) in [5.41, 5.74) is 0. The molecule has 0 aliphatic carbocycles. The van der Waals surface area contributed by atoms with Gasteiger partial charge in [-0.1, -0.05) is 25.2 Å². The molecule has 3 heteroatoms. The van der Waals surface area contributed by atoms with Gasteiger partial charge < -0.3 is 4.74 Å². The van der Waals surface area contributed by atoms with Crippen LogP contribution in [0.1, 0.15) is 29.9 Å². The molecule has 2 nitrogen and oxygen atoms in total. The third-order valence-electron chi connectivity index (χ3n) is 1.66. The first-order valence-electron chi connectivity index (χ1n) is 4.40. The van der Waals surface area contributed by atoms with Crippen LogP contribution in [-0.2, 0) is 0 Å². The second-order valence-corrected chi connectivity index (χ2v) is 4.38. The summed E-state index contributed by atoms with van der Waals surface area (Å²) >= 11 is 1.39. The monoisotopic (exact) mass is 198 g/mol. The normalized spacial score (nSPS) is 10.4. The molecular weight excluding hydrogens is 184 g/mol. The molecule has 1 aromatic rings. The van der Waals surface area contributed by atoms with Crippen molar-refractivity contribution in [3.05, 3.63) is 17.0 Å². The summed E-state index contributed by atoms with van der Waals surface area (Å²) in [7, 11) is 0. The Kier molecular flexibility index (Phi) is 3.96. The van der Waals surface area contributed by atoms with E-state index in [-0.39, 0.29) is 0 Å². The van der Waals surface area contributed by atoms with Crippen molar-refractivity contribution < 1.29 is 9.53 Å². The van der Waals surface area contributed by atoms with Crippen molar-refractivity contribution in [2.45, 2.75) is 20.3 Å². The second-order valence-electron chi connectivity index (χ2n) is 3.31. The fourth-order valence-electron chi connectivity index (χ4n) is 0.871. The van der Waals surface area contributed by atoms with Gasteiger partial charge in [-0.3, -0.25) is 4.79 Å². The molecule has 0 bridgehead atoms. The minimum atomic E-state index is 0.658. The summed E-state index contributed by atoms with van der Waals surface area (Å²) in [5, 5.41) is 0.836. The standard InChI is InChI=1S/C10H14O2S/c1-8(2)5-6-12-10-4-3-9(7-11)13-10/h3-4,7-8H,5-6H2,1-2H3. The van der Waals surface area contributed by atoms with Crippen molar-refractivity contribution in [2.75, 3.05) is 6.61 Å². The SMILES string of the molecule is CC(C)CCOc1ccc(C=O)s1. The summed E-state index contributed by atoms with van der Waals surface area (Å²) in [5.74, 6) is 0.658. The largest absolute Gasteiger partial charge is 0.484 e. The van der Waals surface area contributed by atoms with Gasteiger partial charge >= 0.3 is 0 Å². The quantitative estimate of drug-likeness (QED) is 0.680. The maximum absolute atomic E-state index is 10.4. The first kappa shape index (κ1) is 10.3. The smallest absolute Gasteiger partial charge is 0.174 e. The Bertz CT molecular complexity index is 266. The Morgan fingerprint density at radius 2 is 2.31 bits per heavy atom. The van der Waals surface area contributed by atoms with Gasteiger partial charge in [-0.2, -0.15) is 0 Å². The third kappa shape index (κ3) is 3.59. The second kappa shape index (κ2) is 5.02. The Balaban J connectivity index is 2.32. The topological polar surface area (TPSA) is 26.3 Å². The number of hydrogen-bond donors (Lipinski definition) is 0. The van der Waals surface area contributed by atoms with E-state index in [1.165, 1.54) is 11.3 Å². The molecule has 0 saturated carbocycles. The Hall–Kier alpha value is -0.830. The molecule has 0 radical (unpaired) electrons. The molecule has 72 valence electrons. The van der Waals surface area contributed by atoms with Crippen molar-refractivity contribution in [1.82, 2.24) is 0 Å². The highest BCUT2D eigenvalue weighted by atomic mass is 32.1. The minimum absolute atomic E-state index is 0.658. The molecule has 0 aromatic carbocycles. The predicted molar refractivity (Wildman–Crippen MR) is 54.7 cm³/mol. The van der Waals surface area contributed by atoms with Crippen molar-refractivity contribution in [3.8, 4) is 5.06 Å². The number of hydrogen-bond acceptors (Lipinski definition) is 3. The van der Waals surface area contributed by atoms with Crippen LogP contribution < -0.4 is 4.74 Å². The summed E-state index contributed by atoms with van der Waals surface area (Å²) in [6.45, 7) is 5.06. The molecule has 13 heavy (non-hydrogen) atoms. The van der Waals surface area contributed by atoms with Gasteiger partial charge in [-0.25, -0.2) is 0 Å². The third-order valence-corrected chi connectivity index (χ3v) is 2.58. The summed E-state index contributed by atoms with van der Waals surface area (Å²) in [4.78, 5) is 11.1. The number of ether oxygens (including phenoxy) is 1. The van der Waals surface area contributed by atoms with Gasteiger partial charge in [0.25, 0.3) is 0 Å². The zero-order valence-corrected chi connectivity index (χ0v) is 8.76. The van der Waals surface area contributed by atoms with Crippen LogP contribution in [0.25, 0.3) is 0 Å². The predicted octanol–water partition coefficient (Wildman–Crippen LogP) is 2.99. The van der Waals surface area contributed by atoms with Gasteiger partial charge in [-0.15, -0.1) is 0 Å². The van der Waals surface area contributed by atoms with Crippen LogP contribution in [0.4, 0.5) is 0 Å². The molecule has 0 N–H and O–H groups in total. The van der Waals surface area contributed by atoms with Gasteiger partial charge in [0.05, 0.1) is 11.5 Å². The molecule has 0 aliphatic heterocycles. The molecule has 0 aliphatic rings. The fraction of sp³-hybridized carbons (Fsp3) is 0.500. The number of carbonyl (C=O) groups excluding carboxylic acids is 1. The number of aldehydes is 1. The van der Waals surface area contributed by atoms with Gasteiger partial charge in [0.2, 0.25) is 0 Å². The first-order valence-corrected chi connectivity index (χ1v) is 5.22. The lowest BCUT2D eigenvalue weighted by Crippen LogP contribution is -1.99. The molecule has 0 saturated heterocycles. The van der Waals surface area contributed by atoms with Gasteiger partial charge in [0.1, 0.15) is 0 Å². The summed E-state index contributed by atoms with van der Waals surface area (Å²) in [6, 6.07) is 3.62. The zero-order valence-electron chi connectivity index (χ0n) is 7.95. The average Bonchev–Trinajstić information content (AvgIpc) is 2.52. The minimum Gasteiger partial charge on any atom is -0.484 e. The maximum atomic E-state index is 10.4. The van der Waals surface area contributed by atoms with E-state index in [1.54, 1.807) is 6.07 Å². The van der Waals surface area contributed by atoms with E-state index in [1.807, 2.05) is 6.07 Å². The lowest BCUT2D eigenvalue weighted by molar-refractivity contribution is 0.112. The van der Waals surface area contributed by atoms with Crippen LogP contribution in [0.3, 0.4) is 0 Å². The van der Waals surface area contributed by atoms with Crippen molar-refractivity contribution in [3.63, 3.8) is 0 Å². The van der Waals surface area contributed by atoms with Crippen molar-refractivity contribution in [2.24, 2.45) is 5.92 Å². The molecule has 0 spiro atoms. The Labute approximate surface area is 82.5 Å². The van der Waals surface area contributed by atoms with Crippen LogP contribution in [-0.4, -0.2) is 12.9 Å². The van der Waals surface area contributed by atoms with E-state index >= 15 is 0 Å². The van der Waals surface area contributed by atoms with Crippen LogP contribution in [0.15, 0.2) is 12.1 Å². The first-order chi connectivity index (χ1) is 6.22. The van der Waals surface area contributed by atoms with Gasteiger partial charge in [0.15, 0.2) is 11.3 Å². The Morgan fingerprint density at radius 1 is 1.54 bits per heavy atom. The average molecular weight is 198 g/mol. The van der Waals surface area contributed by atoms with Crippen LogP contribution in [0, 0.1) is 5.92 Å². The van der Waals surface area contributed by atoms with E-state index in [0.29, 0.717) is 5.92 Å². The number of rotatable bonds is 5. The van der Waals surface area contributed by atoms with E-state index < -0.39 is 0 Å². The highest BCUT2D eigenvalue weighted by molar-refractivity contribution is 7.15. The van der Waals surface area contributed by atoms with Crippen molar-refractivity contribution in [1.29, 1.82) is 0 Å². The number of thiophene rings is 1. The number of carbonyl (C=O) groups is 1. The van der Waals surface area contributed by atoms with Gasteiger partial charge in [0, 0.05) is 0 Å². The summed E-state index contributed by atoms with van der Waals surface area (Å²) < 4.78 is 5.46. The maximum Gasteiger partial charge on any atom is 0.174 e. The van der Waals surface area contributed by atoms with Crippen LogP contribution >= 0.6 is 11.3 Å². The molecular formula is C10H14O2S. The van der Waals surface area contributed by atoms with E-state index in [2.05, 4.69) is 13.8 Å². The molecule has 0 atom stereocenters. The van der Waals surface area contributed by atoms with E-state index in [0.717, 1.165) is 29.3 Å². The highest BCUT2D eigenvalue weighted by Crippen LogP contribution is 2.23. The Morgan fingerprint density at radius 3 is 2.85 bits per heavy atom.